The maximum atomic E-state index is 11.6. The molecule has 0 bridgehead atoms. The van der Waals surface area contributed by atoms with Crippen LogP contribution in [0, 0.1) is 5.41 Å². The first-order valence-corrected chi connectivity index (χ1v) is 6.26. The third kappa shape index (κ3) is 4.79. The van der Waals surface area contributed by atoms with E-state index in [0.29, 0.717) is 0 Å². The minimum atomic E-state index is -1.07. The van der Waals surface area contributed by atoms with Gasteiger partial charge in [0.2, 0.25) is 0 Å². The number of rotatable bonds is 7. The molecule has 2 amide bonds. The molecular formula is C14H18N2O5. The minimum absolute atomic E-state index is 0.0258. The lowest BCUT2D eigenvalue weighted by Crippen LogP contribution is -2.40. The summed E-state index contributed by atoms with van der Waals surface area (Å²) in [6.45, 7) is 2.64. The van der Waals surface area contributed by atoms with Crippen molar-refractivity contribution in [2.45, 2.75) is 13.8 Å². The summed E-state index contributed by atoms with van der Waals surface area (Å²) in [5.74, 6) is -1.94. The number of hydrogen-bond acceptors (Lipinski definition) is 4. The van der Waals surface area contributed by atoms with Gasteiger partial charge in [-0.25, -0.2) is 0 Å². The Morgan fingerprint density at radius 2 is 1.90 bits per heavy atom. The highest BCUT2D eigenvalue weighted by Gasteiger charge is 2.27. The third-order valence-electron chi connectivity index (χ3n) is 2.82. The fourth-order valence-electron chi connectivity index (χ4n) is 1.39. The number of amides is 2. The lowest BCUT2D eigenvalue weighted by Gasteiger charge is -2.19. The standard InChI is InChI=1S/C14H18N2O5/c1-14(2,13(19)20)8-16-11(17)7-21-10-6-4-3-5-9(10)12(15)18/h3-6H,7-8H2,1-2H3,(H2,15,18)(H,16,17)(H,19,20). The van der Waals surface area contributed by atoms with Crippen LogP contribution in [0.25, 0.3) is 0 Å². The van der Waals surface area contributed by atoms with Crippen molar-refractivity contribution in [3.63, 3.8) is 0 Å². The van der Waals surface area contributed by atoms with E-state index in [-0.39, 0.29) is 24.5 Å². The van der Waals surface area contributed by atoms with Crippen molar-refractivity contribution in [1.29, 1.82) is 0 Å². The normalized spacial score (nSPS) is 10.8. The summed E-state index contributed by atoms with van der Waals surface area (Å²) >= 11 is 0. The number of primary amides is 1. The molecule has 21 heavy (non-hydrogen) atoms. The van der Waals surface area contributed by atoms with Crippen molar-refractivity contribution in [2.75, 3.05) is 13.2 Å². The van der Waals surface area contributed by atoms with Crippen LogP contribution in [-0.4, -0.2) is 36.0 Å². The third-order valence-corrected chi connectivity index (χ3v) is 2.82. The van der Waals surface area contributed by atoms with Crippen LogP contribution in [0.2, 0.25) is 0 Å². The Morgan fingerprint density at radius 3 is 2.48 bits per heavy atom. The van der Waals surface area contributed by atoms with Crippen molar-refractivity contribution in [3.8, 4) is 5.75 Å². The minimum Gasteiger partial charge on any atom is -0.483 e. The SMILES string of the molecule is CC(C)(CNC(=O)COc1ccccc1C(N)=O)C(=O)O. The Labute approximate surface area is 122 Å². The van der Waals surface area contributed by atoms with Crippen LogP contribution >= 0.6 is 0 Å². The van der Waals surface area contributed by atoms with Gasteiger partial charge < -0.3 is 20.9 Å². The first-order chi connectivity index (χ1) is 9.74. The van der Waals surface area contributed by atoms with Crippen LogP contribution in [-0.2, 0) is 9.59 Å². The van der Waals surface area contributed by atoms with Gasteiger partial charge >= 0.3 is 5.97 Å². The van der Waals surface area contributed by atoms with Crippen molar-refractivity contribution < 1.29 is 24.2 Å². The quantitative estimate of drug-likeness (QED) is 0.672. The molecule has 0 aliphatic carbocycles. The molecular weight excluding hydrogens is 276 g/mol. The molecule has 0 heterocycles. The van der Waals surface area contributed by atoms with Gasteiger partial charge in [-0.1, -0.05) is 12.1 Å². The van der Waals surface area contributed by atoms with Crippen molar-refractivity contribution >= 4 is 17.8 Å². The van der Waals surface area contributed by atoms with E-state index in [4.69, 9.17) is 15.6 Å². The highest BCUT2D eigenvalue weighted by molar-refractivity contribution is 5.95. The summed E-state index contributed by atoms with van der Waals surface area (Å²) in [6, 6.07) is 6.29. The Morgan fingerprint density at radius 1 is 1.29 bits per heavy atom. The number of aliphatic carboxylic acids is 1. The van der Waals surface area contributed by atoms with Crippen LogP contribution in [0.3, 0.4) is 0 Å². The summed E-state index contributed by atoms with van der Waals surface area (Å²) < 4.78 is 5.23. The van der Waals surface area contributed by atoms with Crippen LogP contribution < -0.4 is 15.8 Å². The first kappa shape index (κ1) is 16.5. The van der Waals surface area contributed by atoms with Gasteiger partial charge in [-0.2, -0.15) is 0 Å². The van der Waals surface area contributed by atoms with E-state index in [9.17, 15) is 14.4 Å². The zero-order chi connectivity index (χ0) is 16.0. The lowest BCUT2D eigenvalue weighted by molar-refractivity contribution is -0.146. The van der Waals surface area contributed by atoms with E-state index in [1.54, 1.807) is 12.1 Å². The predicted molar refractivity (Wildman–Crippen MR) is 74.9 cm³/mol. The van der Waals surface area contributed by atoms with Gasteiger partial charge in [0.1, 0.15) is 5.75 Å². The molecule has 0 saturated carbocycles. The molecule has 1 aromatic rings. The van der Waals surface area contributed by atoms with Gasteiger partial charge in [0.25, 0.3) is 11.8 Å². The summed E-state index contributed by atoms with van der Waals surface area (Å²) in [6.07, 6.45) is 0. The van der Waals surface area contributed by atoms with Crippen molar-refractivity contribution in [1.82, 2.24) is 5.32 Å². The maximum Gasteiger partial charge on any atom is 0.310 e. The number of nitrogens with two attached hydrogens (primary N) is 1. The summed E-state index contributed by atoms with van der Waals surface area (Å²) in [7, 11) is 0. The van der Waals surface area contributed by atoms with Crippen LogP contribution in [0.4, 0.5) is 0 Å². The molecule has 4 N–H and O–H groups in total. The molecule has 7 nitrogen and oxygen atoms in total. The average molecular weight is 294 g/mol. The number of carbonyl (C=O) groups is 3. The van der Waals surface area contributed by atoms with Crippen LogP contribution in [0.5, 0.6) is 5.75 Å². The predicted octanol–water partition coefficient (Wildman–Crippen LogP) is 0.391. The second-order valence-corrected chi connectivity index (χ2v) is 5.11. The molecule has 1 rings (SSSR count). The number of para-hydroxylation sites is 1. The van der Waals surface area contributed by atoms with E-state index in [1.807, 2.05) is 0 Å². The summed E-state index contributed by atoms with van der Waals surface area (Å²) in [4.78, 5) is 33.7. The van der Waals surface area contributed by atoms with Crippen LogP contribution in [0.1, 0.15) is 24.2 Å². The van der Waals surface area contributed by atoms with Crippen molar-refractivity contribution in [2.24, 2.45) is 11.1 Å². The molecule has 0 unspecified atom stereocenters. The van der Waals surface area contributed by atoms with E-state index in [1.165, 1.54) is 26.0 Å². The highest BCUT2D eigenvalue weighted by atomic mass is 16.5. The van der Waals surface area contributed by atoms with Gasteiger partial charge in [0.15, 0.2) is 6.61 Å². The fourth-order valence-corrected chi connectivity index (χ4v) is 1.39. The van der Waals surface area contributed by atoms with E-state index >= 15 is 0 Å². The van der Waals surface area contributed by atoms with Crippen LogP contribution in [0.15, 0.2) is 24.3 Å². The fraction of sp³-hybridized carbons (Fsp3) is 0.357. The van der Waals surface area contributed by atoms with E-state index in [2.05, 4.69) is 5.32 Å². The Kier molecular flexibility index (Phi) is 5.29. The Balaban J connectivity index is 2.55. The summed E-state index contributed by atoms with van der Waals surface area (Å²) in [5.41, 5.74) is 4.29. The molecule has 7 heteroatoms. The molecule has 0 spiro atoms. The van der Waals surface area contributed by atoms with Gasteiger partial charge in [0.05, 0.1) is 11.0 Å². The molecule has 114 valence electrons. The number of carboxylic acids is 1. The molecule has 0 saturated heterocycles. The van der Waals surface area contributed by atoms with E-state index < -0.39 is 23.2 Å². The number of carboxylic acid groups (broad SMARTS) is 1. The van der Waals surface area contributed by atoms with Gasteiger partial charge in [0, 0.05) is 6.54 Å². The maximum absolute atomic E-state index is 11.6. The number of hydrogen-bond donors (Lipinski definition) is 3. The molecule has 1 aromatic carbocycles. The smallest absolute Gasteiger partial charge is 0.310 e. The second kappa shape index (κ2) is 6.74. The Bertz CT molecular complexity index is 554. The Hall–Kier alpha value is -2.57. The number of benzene rings is 1. The van der Waals surface area contributed by atoms with E-state index in [0.717, 1.165) is 0 Å². The van der Waals surface area contributed by atoms with Gasteiger partial charge in [-0.15, -0.1) is 0 Å². The van der Waals surface area contributed by atoms with Gasteiger partial charge in [-0.05, 0) is 26.0 Å². The second-order valence-electron chi connectivity index (χ2n) is 5.11. The zero-order valence-electron chi connectivity index (χ0n) is 11.9. The monoisotopic (exact) mass is 294 g/mol. The molecule has 0 aliphatic rings. The molecule has 0 aromatic heterocycles. The molecule has 0 aliphatic heterocycles. The average Bonchev–Trinajstić information content (AvgIpc) is 2.43. The summed E-state index contributed by atoms with van der Waals surface area (Å²) in [5, 5.41) is 11.4. The van der Waals surface area contributed by atoms with Crippen molar-refractivity contribution in [3.05, 3.63) is 29.8 Å². The first-order valence-electron chi connectivity index (χ1n) is 6.26. The number of ether oxygens (including phenoxy) is 1. The number of nitrogens with one attached hydrogen (secondary N) is 1. The largest absolute Gasteiger partial charge is 0.483 e. The number of carbonyl (C=O) groups excluding carboxylic acids is 2. The molecule has 0 fully saturated rings. The lowest BCUT2D eigenvalue weighted by atomic mass is 9.94. The topological polar surface area (TPSA) is 119 Å². The molecule has 0 radical (unpaired) electrons. The highest BCUT2D eigenvalue weighted by Crippen LogP contribution is 2.17. The van der Waals surface area contributed by atoms with Gasteiger partial charge in [-0.3, -0.25) is 14.4 Å². The zero-order valence-corrected chi connectivity index (χ0v) is 11.9. The molecule has 0 atom stereocenters.